The van der Waals surface area contributed by atoms with Gasteiger partial charge in [0.2, 0.25) is 0 Å². The fourth-order valence-corrected chi connectivity index (χ4v) is 14.3. The van der Waals surface area contributed by atoms with Crippen LogP contribution in [0.3, 0.4) is 0 Å². The Hall–Kier alpha value is 0.293. The Labute approximate surface area is 161 Å². The molecule has 126 valence electrons. The molecule has 0 aromatic carbocycles. The number of hydrogen-bond donors (Lipinski definition) is 0. The van der Waals surface area contributed by atoms with E-state index in [1.54, 1.807) is 0 Å². The van der Waals surface area contributed by atoms with Crippen LogP contribution in [0.25, 0.3) is 0 Å². The molecule has 0 spiro atoms. The second kappa shape index (κ2) is 8.59. The minimum absolute atomic E-state index is 0. The van der Waals surface area contributed by atoms with Crippen LogP contribution in [0.2, 0.25) is 7.25 Å². The topological polar surface area (TPSA) is 0 Å². The Morgan fingerprint density at radius 1 is 0.826 bits per heavy atom. The molecule has 0 radical (unpaired) electrons. The maximum atomic E-state index is 2.74. The number of rotatable bonds is 2. The van der Waals surface area contributed by atoms with Crippen molar-refractivity contribution in [2.45, 2.75) is 52.7 Å². The van der Waals surface area contributed by atoms with Gasteiger partial charge >= 0.3 is 137 Å². The minimum Gasteiger partial charge on any atom is -1.00 e. The summed E-state index contributed by atoms with van der Waals surface area (Å²) in [6.45, 7) is 2.40. The van der Waals surface area contributed by atoms with Crippen molar-refractivity contribution in [1.29, 1.82) is 0 Å². The third-order valence-corrected chi connectivity index (χ3v) is 14.8. The molecule has 0 aromatic heterocycles. The van der Waals surface area contributed by atoms with Gasteiger partial charge in [-0.05, 0) is 0 Å². The summed E-state index contributed by atoms with van der Waals surface area (Å²) in [5, 5.41) is 0. The van der Waals surface area contributed by atoms with Gasteiger partial charge in [0, 0.05) is 0 Å². The largest absolute Gasteiger partial charge is 1.00 e. The van der Waals surface area contributed by atoms with Gasteiger partial charge in [-0.3, -0.25) is 0 Å². The average molecular weight is 429 g/mol. The van der Waals surface area contributed by atoms with Crippen LogP contribution in [0.5, 0.6) is 0 Å². The van der Waals surface area contributed by atoms with Crippen LogP contribution in [-0.2, 0) is 21.3 Å². The molecular weight excluding hydrogens is 402 g/mol. The molecule has 4 aliphatic rings. The van der Waals surface area contributed by atoms with Crippen LogP contribution in [-0.4, -0.2) is 3.71 Å². The zero-order chi connectivity index (χ0) is 14.2. The first-order valence-electron chi connectivity index (χ1n) is 8.77. The fraction of sp³-hybridized carbons (Fsp3) is 0.550. The molecule has 4 atom stereocenters. The van der Waals surface area contributed by atoms with Crippen molar-refractivity contribution in [1.82, 2.24) is 0 Å². The summed E-state index contributed by atoms with van der Waals surface area (Å²) in [7, 11) is 0. The molecule has 4 rings (SSSR count). The summed E-state index contributed by atoms with van der Waals surface area (Å²) in [4.78, 5) is 0. The summed E-state index contributed by atoms with van der Waals surface area (Å²) < 4.78 is 4.77. The van der Waals surface area contributed by atoms with Crippen molar-refractivity contribution in [3.8, 4) is 0 Å². The van der Waals surface area contributed by atoms with E-state index in [0.717, 1.165) is 19.1 Å². The van der Waals surface area contributed by atoms with Gasteiger partial charge in [0.05, 0.1) is 0 Å². The third-order valence-electron chi connectivity index (χ3n) is 6.18. The Kier molecular flexibility index (Phi) is 7.33. The summed E-state index contributed by atoms with van der Waals surface area (Å²) in [5.41, 5.74) is 3.72. The molecule has 0 aliphatic heterocycles. The predicted octanol–water partition coefficient (Wildman–Crippen LogP) is -0.396. The predicted molar refractivity (Wildman–Crippen MR) is 88.4 cm³/mol. The van der Waals surface area contributed by atoms with E-state index in [2.05, 4.69) is 47.1 Å². The van der Waals surface area contributed by atoms with Gasteiger partial charge in [0.1, 0.15) is 0 Å². The van der Waals surface area contributed by atoms with Crippen LogP contribution in [0.4, 0.5) is 0 Å². The molecule has 23 heavy (non-hydrogen) atoms. The zero-order valence-corrected chi connectivity index (χ0v) is 17.8. The first-order chi connectivity index (χ1) is 10.4. The Balaban J connectivity index is 0.000000960. The monoisotopic (exact) mass is 426 g/mol. The second-order valence-electron chi connectivity index (χ2n) is 7.10. The van der Waals surface area contributed by atoms with Crippen molar-refractivity contribution in [3.63, 3.8) is 0 Å². The van der Waals surface area contributed by atoms with Crippen molar-refractivity contribution in [2.75, 3.05) is 0 Å². The number of allylic oxidation sites excluding steroid dienone is 8. The Morgan fingerprint density at radius 2 is 1.30 bits per heavy atom. The SMILES string of the molecule is C[CH]=[Zr]([CH]1CCC2CC=CC=C21)[CH]1CCC2CC=CC=C21.[Cl-].[Cl-]. The van der Waals surface area contributed by atoms with E-state index in [1.165, 1.54) is 38.5 Å². The van der Waals surface area contributed by atoms with Crippen LogP contribution in [0.1, 0.15) is 45.4 Å². The minimum atomic E-state index is -1.50. The van der Waals surface area contributed by atoms with E-state index in [-0.39, 0.29) is 24.8 Å². The van der Waals surface area contributed by atoms with E-state index < -0.39 is 21.3 Å². The first kappa shape index (κ1) is 19.6. The van der Waals surface area contributed by atoms with Gasteiger partial charge in [-0.15, -0.1) is 0 Å². The normalized spacial score (nSPS) is 33.6. The smallest absolute Gasteiger partial charge is 1.00 e. The van der Waals surface area contributed by atoms with Gasteiger partial charge < -0.3 is 24.8 Å². The molecular formula is C20H26Cl2Zr-2. The van der Waals surface area contributed by atoms with Crippen molar-refractivity contribution >= 4 is 3.71 Å². The van der Waals surface area contributed by atoms with Gasteiger partial charge in [0.25, 0.3) is 0 Å². The van der Waals surface area contributed by atoms with E-state index in [1.807, 2.05) is 11.1 Å². The van der Waals surface area contributed by atoms with E-state index in [4.69, 9.17) is 0 Å². The molecule has 0 amide bonds. The Morgan fingerprint density at radius 3 is 1.74 bits per heavy atom. The summed E-state index contributed by atoms with van der Waals surface area (Å²) in [6.07, 6.45) is 23.0. The molecule has 0 nitrogen and oxygen atoms in total. The van der Waals surface area contributed by atoms with Gasteiger partial charge in [-0.25, -0.2) is 0 Å². The van der Waals surface area contributed by atoms with Gasteiger partial charge in [-0.2, -0.15) is 0 Å². The number of fused-ring (bicyclic) bond motifs is 2. The van der Waals surface area contributed by atoms with Crippen molar-refractivity contribution in [3.05, 3.63) is 47.6 Å². The maximum Gasteiger partial charge on any atom is -1.00 e. The second-order valence-corrected chi connectivity index (χ2v) is 14.4. The standard InChI is InChI=1S/2C9H11.C2H4.2ClH.Zr/c2*1-2-5-9-7-3-6-8(9)4-1;1-2;;;/h2*1-2,4,6,9H,3,5,7H2;1H,2H3;2*1H;/p-2. The average Bonchev–Trinajstić information content (AvgIpc) is 3.14. The van der Waals surface area contributed by atoms with E-state index in [0.29, 0.717) is 0 Å². The zero-order valence-electron chi connectivity index (χ0n) is 13.8. The maximum absolute atomic E-state index is 2.74. The van der Waals surface area contributed by atoms with Gasteiger partial charge in [0.15, 0.2) is 0 Å². The Bertz CT molecular complexity index is 534. The molecule has 4 aliphatic carbocycles. The van der Waals surface area contributed by atoms with Crippen LogP contribution >= 0.6 is 0 Å². The molecule has 3 heteroatoms. The molecule has 0 aromatic rings. The summed E-state index contributed by atoms with van der Waals surface area (Å²) in [5.74, 6) is 1.82. The molecule has 0 bridgehead atoms. The molecule has 2 fully saturated rings. The molecule has 0 saturated heterocycles. The quantitative estimate of drug-likeness (QED) is 0.562. The first-order valence-corrected chi connectivity index (χ1v) is 13.0. The number of hydrogen-bond acceptors (Lipinski definition) is 0. The third kappa shape index (κ3) is 3.63. The number of halogens is 2. The van der Waals surface area contributed by atoms with Crippen LogP contribution in [0.15, 0.2) is 47.6 Å². The van der Waals surface area contributed by atoms with Crippen LogP contribution < -0.4 is 24.8 Å². The molecule has 0 heterocycles. The van der Waals surface area contributed by atoms with Gasteiger partial charge in [-0.1, -0.05) is 0 Å². The summed E-state index contributed by atoms with van der Waals surface area (Å²) in [6, 6.07) is 0. The van der Waals surface area contributed by atoms with Crippen molar-refractivity contribution in [2.24, 2.45) is 11.8 Å². The van der Waals surface area contributed by atoms with E-state index in [9.17, 15) is 0 Å². The molecule has 2 saturated carbocycles. The van der Waals surface area contributed by atoms with Crippen LogP contribution in [0, 0.1) is 11.8 Å². The summed E-state index contributed by atoms with van der Waals surface area (Å²) >= 11 is -1.50. The fourth-order valence-electron chi connectivity index (χ4n) is 5.19. The molecule has 4 unspecified atom stereocenters. The van der Waals surface area contributed by atoms with E-state index >= 15 is 0 Å². The molecule has 0 N–H and O–H groups in total. The van der Waals surface area contributed by atoms with Crippen molar-refractivity contribution < 1.29 is 46.1 Å².